The van der Waals surface area contributed by atoms with E-state index >= 15 is 0 Å². The van der Waals surface area contributed by atoms with Gasteiger partial charge in [-0.25, -0.2) is 9.50 Å². The van der Waals surface area contributed by atoms with Gasteiger partial charge in [0, 0.05) is 24.0 Å². The van der Waals surface area contributed by atoms with Crippen LogP contribution in [-0.2, 0) is 0 Å². The molecule has 0 bridgehead atoms. The van der Waals surface area contributed by atoms with Crippen LogP contribution in [0.4, 0.5) is 0 Å². The predicted octanol–water partition coefficient (Wildman–Crippen LogP) is 3.42. The molecule has 0 aliphatic rings. The highest BCUT2D eigenvalue weighted by Crippen LogP contribution is 2.24. The normalized spacial score (nSPS) is 12.2. The maximum absolute atomic E-state index is 5.78. The minimum Gasteiger partial charge on any atom is -0.475 e. The Bertz CT molecular complexity index is 858. The zero-order valence-corrected chi connectivity index (χ0v) is 14.6. The Morgan fingerprint density at radius 1 is 1.40 bits per heavy atom. The van der Waals surface area contributed by atoms with Crippen molar-refractivity contribution < 1.29 is 4.74 Å². The minimum atomic E-state index is 0.269. The van der Waals surface area contributed by atoms with Gasteiger partial charge in [0.05, 0.1) is 6.61 Å². The van der Waals surface area contributed by atoms with Crippen molar-refractivity contribution in [1.29, 1.82) is 0 Å². The summed E-state index contributed by atoms with van der Waals surface area (Å²) in [5, 5.41) is 7.98. The fourth-order valence-corrected chi connectivity index (χ4v) is 2.63. The number of aromatic nitrogens is 4. The molecule has 0 amide bonds. The Kier molecular flexibility index (Phi) is 5.40. The molecular weight excluding hydrogens is 314 g/mol. The highest BCUT2D eigenvalue weighted by atomic mass is 16.5. The van der Waals surface area contributed by atoms with Crippen molar-refractivity contribution in [2.24, 2.45) is 0 Å². The van der Waals surface area contributed by atoms with Crippen LogP contribution in [0, 0.1) is 0 Å². The third-order valence-corrected chi connectivity index (χ3v) is 3.94. The summed E-state index contributed by atoms with van der Waals surface area (Å²) in [5.41, 5.74) is 2.76. The van der Waals surface area contributed by atoms with E-state index in [-0.39, 0.29) is 6.04 Å². The van der Waals surface area contributed by atoms with E-state index in [9.17, 15) is 0 Å². The molecule has 1 atom stereocenters. The van der Waals surface area contributed by atoms with Gasteiger partial charge in [-0.3, -0.25) is 0 Å². The Labute approximate surface area is 147 Å². The van der Waals surface area contributed by atoms with Crippen molar-refractivity contribution in [3.05, 3.63) is 54.9 Å². The second kappa shape index (κ2) is 7.90. The Morgan fingerprint density at radius 3 is 3.08 bits per heavy atom. The summed E-state index contributed by atoms with van der Waals surface area (Å²) in [5.74, 6) is 1.10. The third kappa shape index (κ3) is 3.85. The monoisotopic (exact) mass is 337 g/mol. The molecule has 0 aliphatic heterocycles. The smallest absolute Gasteiger partial charge is 0.261 e. The first-order valence-electron chi connectivity index (χ1n) is 8.51. The zero-order chi connectivity index (χ0) is 17.6. The summed E-state index contributed by atoms with van der Waals surface area (Å²) in [6.07, 6.45) is 6.06. The molecule has 6 heteroatoms. The van der Waals surface area contributed by atoms with E-state index in [4.69, 9.17) is 4.74 Å². The average Bonchev–Trinajstić information content (AvgIpc) is 3.11. The summed E-state index contributed by atoms with van der Waals surface area (Å²) >= 11 is 0. The molecule has 0 spiro atoms. The number of nitrogens with zero attached hydrogens (tertiary/aromatic N) is 4. The SMILES string of the molecule is C=CCCOc1nc(-c2cccc([C@@H](C)NCC)c2)nn2ccnc12. The van der Waals surface area contributed by atoms with Crippen LogP contribution >= 0.6 is 0 Å². The van der Waals surface area contributed by atoms with Crippen LogP contribution in [0.2, 0.25) is 0 Å². The molecule has 6 nitrogen and oxygen atoms in total. The van der Waals surface area contributed by atoms with Crippen LogP contribution in [-0.4, -0.2) is 32.7 Å². The predicted molar refractivity (Wildman–Crippen MR) is 98.6 cm³/mol. The number of fused-ring (bicyclic) bond motifs is 1. The number of nitrogens with one attached hydrogen (secondary N) is 1. The summed E-state index contributed by atoms with van der Waals surface area (Å²) in [4.78, 5) is 8.87. The molecule has 25 heavy (non-hydrogen) atoms. The molecule has 0 saturated heterocycles. The van der Waals surface area contributed by atoms with Gasteiger partial charge in [0.25, 0.3) is 5.88 Å². The lowest BCUT2D eigenvalue weighted by atomic mass is 10.0. The molecule has 0 unspecified atom stereocenters. The van der Waals surface area contributed by atoms with Gasteiger partial charge in [0.2, 0.25) is 5.65 Å². The molecule has 0 aliphatic carbocycles. The van der Waals surface area contributed by atoms with Gasteiger partial charge in [-0.15, -0.1) is 11.7 Å². The van der Waals surface area contributed by atoms with E-state index in [0.29, 0.717) is 24.0 Å². The standard InChI is InChI=1S/C19H23N5O/c1-4-6-12-25-19-18-21-10-11-24(18)23-17(22-19)16-9-7-8-15(13-16)14(3)20-5-2/h4,7-11,13-14,20H,1,5-6,12H2,2-3H3/t14-/m1/s1. The maximum atomic E-state index is 5.78. The number of rotatable bonds is 8. The maximum Gasteiger partial charge on any atom is 0.261 e. The summed E-state index contributed by atoms with van der Waals surface area (Å²) in [6, 6.07) is 8.52. The molecule has 2 heterocycles. The lowest BCUT2D eigenvalue weighted by Gasteiger charge is -2.14. The number of ether oxygens (including phenoxy) is 1. The summed E-state index contributed by atoms with van der Waals surface area (Å²) < 4.78 is 7.48. The van der Waals surface area contributed by atoms with E-state index in [1.54, 1.807) is 16.9 Å². The molecule has 1 aromatic carbocycles. The Morgan fingerprint density at radius 2 is 2.28 bits per heavy atom. The van der Waals surface area contributed by atoms with Crippen molar-refractivity contribution in [2.45, 2.75) is 26.3 Å². The Balaban J connectivity index is 1.97. The number of imidazole rings is 1. The average molecular weight is 337 g/mol. The summed E-state index contributed by atoms with van der Waals surface area (Å²) in [6.45, 7) is 9.39. The van der Waals surface area contributed by atoms with Gasteiger partial charge in [0.1, 0.15) is 0 Å². The first-order chi connectivity index (χ1) is 12.2. The van der Waals surface area contributed by atoms with Gasteiger partial charge in [-0.2, -0.15) is 4.98 Å². The van der Waals surface area contributed by atoms with Gasteiger partial charge >= 0.3 is 0 Å². The van der Waals surface area contributed by atoms with Crippen LogP contribution < -0.4 is 10.1 Å². The molecule has 3 rings (SSSR count). The molecule has 130 valence electrons. The quantitative estimate of drug-likeness (QED) is 0.504. The second-order valence-corrected chi connectivity index (χ2v) is 5.77. The van der Waals surface area contributed by atoms with Crippen molar-refractivity contribution >= 4 is 5.65 Å². The number of hydrogen-bond donors (Lipinski definition) is 1. The van der Waals surface area contributed by atoms with Gasteiger partial charge in [-0.05, 0) is 31.5 Å². The highest BCUT2D eigenvalue weighted by molar-refractivity contribution is 5.59. The van der Waals surface area contributed by atoms with Crippen LogP contribution in [0.3, 0.4) is 0 Å². The van der Waals surface area contributed by atoms with E-state index in [1.165, 1.54) is 5.56 Å². The van der Waals surface area contributed by atoms with Crippen molar-refractivity contribution in [2.75, 3.05) is 13.2 Å². The molecule has 1 N–H and O–H groups in total. The van der Waals surface area contributed by atoms with E-state index in [2.05, 4.69) is 52.9 Å². The van der Waals surface area contributed by atoms with Crippen LogP contribution in [0.1, 0.15) is 31.9 Å². The highest BCUT2D eigenvalue weighted by Gasteiger charge is 2.13. The topological polar surface area (TPSA) is 64.3 Å². The minimum absolute atomic E-state index is 0.269. The second-order valence-electron chi connectivity index (χ2n) is 5.77. The van der Waals surface area contributed by atoms with Crippen LogP contribution in [0.15, 0.2) is 49.3 Å². The molecule has 2 aromatic heterocycles. The van der Waals surface area contributed by atoms with E-state index < -0.39 is 0 Å². The molecule has 0 saturated carbocycles. The van der Waals surface area contributed by atoms with E-state index in [1.807, 2.05) is 18.2 Å². The lowest BCUT2D eigenvalue weighted by molar-refractivity contribution is 0.313. The van der Waals surface area contributed by atoms with Gasteiger partial charge in [0.15, 0.2) is 5.82 Å². The van der Waals surface area contributed by atoms with E-state index in [0.717, 1.165) is 18.5 Å². The van der Waals surface area contributed by atoms with Crippen molar-refractivity contribution in [1.82, 2.24) is 24.9 Å². The largest absolute Gasteiger partial charge is 0.475 e. The zero-order valence-electron chi connectivity index (χ0n) is 14.6. The summed E-state index contributed by atoms with van der Waals surface area (Å²) in [7, 11) is 0. The number of hydrogen-bond acceptors (Lipinski definition) is 5. The molecule has 0 fully saturated rings. The van der Waals surface area contributed by atoms with Crippen molar-refractivity contribution in [3.63, 3.8) is 0 Å². The first kappa shape index (κ1) is 17.1. The number of benzene rings is 1. The van der Waals surface area contributed by atoms with Gasteiger partial charge in [-0.1, -0.05) is 31.2 Å². The molecule has 3 aromatic rings. The fraction of sp³-hybridized carbons (Fsp3) is 0.316. The van der Waals surface area contributed by atoms with Gasteiger partial charge < -0.3 is 10.1 Å². The lowest BCUT2D eigenvalue weighted by Crippen LogP contribution is -2.17. The molecule has 0 radical (unpaired) electrons. The Hall–Kier alpha value is -2.73. The third-order valence-electron chi connectivity index (χ3n) is 3.94. The van der Waals surface area contributed by atoms with Crippen LogP contribution in [0.25, 0.3) is 17.0 Å². The molecular formula is C19H23N5O. The fourth-order valence-electron chi connectivity index (χ4n) is 2.63. The first-order valence-corrected chi connectivity index (χ1v) is 8.51. The van der Waals surface area contributed by atoms with Crippen molar-refractivity contribution in [3.8, 4) is 17.3 Å². The van der Waals surface area contributed by atoms with Crippen LogP contribution in [0.5, 0.6) is 5.88 Å².